The second kappa shape index (κ2) is 8.00. The van der Waals surface area contributed by atoms with Crippen molar-refractivity contribution in [2.75, 3.05) is 6.54 Å². The highest BCUT2D eigenvalue weighted by atomic mass is 35.5. The molecule has 21 heavy (non-hydrogen) atoms. The SMILES string of the molecule is CC(C)CNCc1nc(OC2CCCC(C)C2)ccc1Cl. The fourth-order valence-corrected chi connectivity index (χ4v) is 2.96. The van der Waals surface area contributed by atoms with Gasteiger partial charge in [-0.1, -0.05) is 38.8 Å². The number of hydrogen-bond donors (Lipinski definition) is 1. The zero-order valence-electron chi connectivity index (χ0n) is 13.4. The topological polar surface area (TPSA) is 34.2 Å². The van der Waals surface area contributed by atoms with Crippen molar-refractivity contribution in [1.29, 1.82) is 0 Å². The first-order valence-corrected chi connectivity index (χ1v) is 8.45. The third-order valence-electron chi connectivity index (χ3n) is 3.91. The second-order valence-corrected chi connectivity index (χ2v) is 7.02. The summed E-state index contributed by atoms with van der Waals surface area (Å²) < 4.78 is 6.05. The van der Waals surface area contributed by atoms with Crippen LogP contribution in [0.3, 0.4) is 0 Å². The molecule has 1 aliphatic rings. The smallest absolute Gasteiger partial charge is 0.213 e. The largest absolute Gasteiger partial charge is 0.474 e. The summed E-state index contributed by atoms with van der Waals surface area (Å²) in [6.07, 6.45) is 5.14. The Hall–Kier alpha value is -0.800. The molecule has 0 aromatic carbocycles. The lowest BCUT2D eigenvalue weighted by Crippen LogP contribution is -2.25. The van der Waals surface area contributed by atoms with Crippen molar-refractivity contribution >= 4 is 11.6 Å². The molecule has 0 amide bonds. The van der Waals surface area contributed by atoms with Crippen LogP contribution in [-0.2, 0) is 6.54 Å². The fourth-order valence-electron chi connectivity index (χ4n) is 2.79. The molecule has 4 heteroatoms. The molecule has 0 saturated heterocycles. The van der Waals surface area contributed by atoms with Crippen molar-refractivity contribution in [3.63, 3.8) is 0 Å². The standard InChI is InChI=1S/C17H27ClN2O/c1-12(2)10-19-11-16-15(18)7-8-17(20-16)21-14-6-4-5-13(3)9-14/h7-8,12-14,19H,4-6,9-11H2,1-3H3. The fraction of sp³-hybridized carbons (Fsp3) is 0.706. The Labute approximate surface area is 133 Å². The van der Waals surface area contributed by atoms with Crippen LogP contribution in [0.15, 0.2) is 12.1 Å². The van der Waals surface area contributed by atoms with Crippen LogP contribution < -0.4 is 10.1 Å². The number of ether oxygens (including phenoxy) is 1. The van der Waals surface area contributed by atoms with Crippen molar-refractivity contribution in [3.8, 4) is 5.88 Å². The maximum atomic E-state index is 6.22. The monoisotopic (exact) mass is 310 g/mol. The first-order valence-electron chi connectivity index (χ1n) is 8.07. The molecule has 3 nitrogen and oxygen atoms in total. The van der Waals surface area contributed by atoms with Crippen molar-refractivity contribution < 1.29 is 4.74 Å². The minimum Gasteiger partial charge on any atom is -0.474 e. The van der Waals surface area contributed by atoms with E-state index in [2.05, 4.69) is 31.1 Å². The van der Waals surface area contributed by atoms with E-state index in [0.29, 0.717) is 29.5 Å². The van der Waals surface area contributed by atoms with E-state index >= 15 is 0 Å². The Balaban J connectivity index is 1.94. The van der Waals surface area contributed by atoms with Crippen molar-refractivity contribution in [1.82, 2.24) is 10.3 Å². The van der Waals surface area contributed by atoms with Crippen LogP contribution in [0, 0.1) is 11.8 Å². The van der Waals surface area contributed by atoms with Gasteiger partial charge in [-0.15, -0.1) is 0 Å². The quantitative estimate of drug-likeness (QED) is 0.843. The first-order chi connectivity index (χ1) is 10.0. The summed E-state index contributed by atoms with van der Waals surface area (Å²) in [5, 5.41) is 4.08. The van der Waals surface area contributed by atoms with E-state index in [0.717, 1.165) is 31.0 Å². The van der Waals surface area contributed by atoms with Gasteiger partial charge < -0.3 is 10.1 Å². The molecule has 0 bridgehead atoms. The van der Waals surface area contributed by atoms with Gasteiger partial charge in [0.1, 0.15) is 6.10 Å². The maximum absolute atomic E-state index is 6.22. The van der Waals surface area contributed by atoms with Gasteiger partial charge in [0, 0.05) is 12.6 Å². The van der Waals surface area contributed by atoms with Crippen LogP contribution in [0.4, 0.5) is 0 Å². The van der Waals surface area contributed by atoms with E-state index in [1.807, 2.05) is 12.1 Å². The molecule has 1 aromatic rings. The molecule has 0 aliphatic heterocycles. The Bertz CT molecular complexity index is 450. The molecule has 0 spiro atoms. The highest BCUT2D eigenvalue weighted by Gasteiger charge is 2.20. The first kappa shape index (κ1) is 16.6. The van der Waals surface area contributed by atoms with E-state index in [1.54, 1.807) is 0 Å². The van der Waals surface area contributed by atoms with Crippen molar-refractivity contribution in [2.45, 2.75) is 59.1 Å². The number of pyridine rings is 1. The Kier molecular flexibility index (Phi) is 6.31. The number of halogens is 1. The van der Waals surface area contributed by atoms with Gasteiger partial charge in [-0.25, -0.2) is 4.98 Å². The van der Waals surface area contributed by atoms with Gasteiger partial charge in [-0.3, -0.25) is 0 Å². The summed E-state index contributed by atoms with van der Waals surface area (Å²) in [5.74, 6) is 2.08. The van der Waals surface area contributed by atoms with E-state index in [1.165, 1.54) is 12.8 Å². The number of aromatic nitrogens is 1. The van der Waals surface area contributed by atoms with Crippen molar-refractivity contribution in [3.05, 3.63) is 22.8 Å². The van der Waals surface area contributed by atoms with E-state index in [-0.39, 0.29) is 0 Å². The lowest BCUT2D eigenvalue weighted by atomic mass is 9.89. The summed E-state index contributed by atoms with van der Waals surface area (Å²) in [6, 6.07) is 3.77. The molecule has 1 fully saturated rings. The highest BCUT2D eigenvalue weighted by Crippen LogP contribution is 2.27. The molecule has 1 heterocycles. The van der Waals surface area contributed by atoms with Crippen molar-refractivity contribution in [2.24, 2.45) is 11.8 Å². The zero-order valence-corrected chi connectivity index (χ0v) is 14.1. The van der Waals surface area contributed by atoms with E-state index in [9.17, 15) is 0 Å². The Morgan fingerprint density at radius 3 is 2.90 bits per heavy atom. The molecule has 2 atom stereocenters. The van der Waals surface area contributed by atoms with E-state index in [4.69, 9.17) is 16.3 Å². The van der Waals surface area contributed by atoms with Gasteiger partial charge in [-0.05, 0) is 43.7 Å². The number of nitrogens with zero attached hydrogens (tertiary/aromatic N) is 1. The van der Waals surface area contributed by atoms with Crippen LogP contribution in [0.25, 0.3) is 0 Å². The van der Waals surface area contributed by atoms with Gasteiger partial charge >= 0.3 is 0 Å². The average molecular weight is 311 g/mol. The number of rotatable bonds is 6. The molecule has 2 unspecified atom stereocenters. The number of nitrogens with one attached hydrogen (secondary N) is 1. The zero-order chi connectivity index (χ0) is 15.2. The minimum atomic E-state index is 0.305. The lowest BCUT2D eigenvalue weighted by molar-refractivity contribution is 0.123. The van der Waals surface area contributed by atoms with Gasteiger partial charge in [0.15, 0.2) is 0 Å². The van der Waals surface area contributed by atoms with Crippen LogP contribution in [0.2, 0.25) is 5.02 Å². The Morgan fingerprint density at radius 2 is 2.19 bits per heavy atom. The van der Waals surface area contributed by atoms with E-state index < -0.39 is 0 Å². The predicted molar refractivity (Wildman–Crippen MR) is 87.8 cm³/mol. The summed E-state index contributed by atoms with van der Waals surface area (Å²) >= 11 is 6.22. The summed E-state index contributed by atoms with van der Waals surface area (Å²) in [5.41, 5.74) is 0.874. The molecule has 1 aliphatic carbocycles. The van der Waals surface area contributed by atoms with Gasteiger partial charge in [-0.2, -0.15) is 0 Å². The van der Waals surface area contributed by atoms with Crippen LogP contribution in [0.5, 0.6) is 5.88 Å². The van der Waals surface area contributed by atoms with Gasteiger partial charge in [0.2, 0.25) is 5.88 Å². The molecule has 118 valence electrons. The van der Waals surface area contributed by atoms with Crippen LogP contribution in [0.1, 0.15) is 52.1 Å². The molecular weight excluding hydrogens is 284 g/mol. The third kappa shape index (κ3) is 5.48. The third-order valence-corrected chi connectivity index (χ3v) is 4.26. The Morgan fingerprint density at radius 1 is 1.38 bits per heavy atom. The molecule has 1 N–H and O–H groups in total. The lowest BCUT2D eigenvalue weighted by Gasteiger charge is -2.27. The normalized spacial score (nSPS) is 22.5. The molecule has 1 saturated carbocycles. The summed E-state index contributed by atoms with van der Waals surface area (Å²) in [4.78, 5) is 4.57. The highest BCUT2D eigenvalue weighted by molar-refractivity contribution is 6.31. The van der Waals surface area contributed by atoms with Gasteiger partial charge in [0.25, 0.3) is 0 Å². The van der Waals surface area contributed by atoms with Crippen LogP contribution >= 0.6 is 11.6 Å². The molecule has 2 rings (SSSR count). The molecule has 0 radical (unpaired) electrons. The summed E-state index contributed by atoms with van der Waals surface area (Å²) in [6.45, 7) is 8.32. The number of hydrogen-bond acceptors (Lipinski definition) is 3. The minimum absolute atomic E-state index is 0.305. The second-order valence-electron chi connectivity index (χ2n) is 6.61. The predicted octanol–water partition coefficient (Wildman–Crippen LogP) is 4.44. The summed E-state index contributed by atoms with van der Waals surface area (Å²) in [7, 11) is 0. The molecule has 1 aromatic heterocycles. The van der Waals surface area contributed by atoms with Crippen LogP contribution in [-0.4, -0.2) is 17.6 Å². The van der Waals surface area contributed by atoms with Gasteiger partial charge in [0.05, 0.1) is 10.7 Å². The average Bonchev–Trinajstić information content (AvgIpc) is 2.42. The maximum Gasteiger partial charge on any atom is 0.213 e. The molecular formula is C17H27ClN2O.